The first kappa shape index (κ1) is 19.0. The molecule has 2 aromatic carbocycles. The minimum absolute atomic E-state index is 0. The Balaban J connectivity index is 0.00000208. The van der Waals surface area contributed by atoms with Crippen LogP contribution in [0.4, 0.5) is 0 Å². The van der Waals surface area contributed by atoms with Crippen LogP contribution in [0, 0.1) is 0 Å². The molecule has 0 saturated carbocycles. The fourth-order valence-corrected chi connectivity index (χ4v) is 2.99. The molecule has 0 aromatic heterocycles. The lowest BCUT2D eigenvalue weighted by molar-refractivity contribution is 0.0968. The summed E-state index contributed by atoms with van der Waals surface area (Å²) < 4.78 is 16.7. The fraction of sp³-hybridized carbons (Fsp3) is 0.368. The van der Waals surface area contributed by atoms with Gasteiger partial charge in [-0.1, -0.05) is 30.3 Å². The molecule has 0 bridgehead atoms. The molecule has 1 heterocycles. The van der Waals surface area contributed by atoms with Gasteiger partial charge >= 0.3 is 0 Å². The summed E-state index contributed by atoms with van der Waals surface area (Å²) in [5.41, 5.74) is 3.73. The molecule has 1 aliphatic heterocycles. The zero-order valence-corrected chi connectivity index (χ0v) is 16.4. The van der Waals surface area contributed by atoms with E-state index in [1.807, 2.05) is 18.2 Å². The Morgan fingerprint density at radius 2 is 1.75 bits per heavy atom. The highest BCUT2D eigenvalue weighted by Gasteiger charge is 2.22. The molecular weight excluding hydrogens is 417 g/mol. The second-order valence-corrected chi connectivity index (χ2v) is 5.66. The maximum atomic E-state index is 5.91. The summed E-state index contributed by atoms with van der Waals surface area (Å²) in [4.78, 5) is 0. The van der Waals surface area contributed by atoms with Gasteiger partial charge in [0.1, 0.15) is 0 Å². The van der Waals surface area contributed by atoms with Crippen LogP contribution in [0.2, 0.25) is 0 Å². The van der Waals surface area contributed by atoms with Gasteiger partial charge in [-0.05, 0) is 41.8 Å². The van der Waals surface area contributed by atoms with Crippen molar-refractivity contribution >= 4 is 24.0 Å². The summed E-state index contributed by atoms with van der Waals surface area (Å²) in [6.07, 6.45) is 0.991. The van der Waals surface area contributed by atoms with Crippen LogP contribution in [0.15, 0.2) is 42.5 Å². The van der Waals surface area contributed by atoms with E-state index in [1.54, 1.807) is 14.2 Å². The van der Waals surface area contributed by atoms with Gasteiger partial charge in [-0.25, -0.2) is 0 Å². The quantitative estimate of drug-likeness (QED) is 0.694. The van der Waals surface area contributed by atoms with Crippen LogP contribution >= 0.6 is 24.0 Å². The van der Waals surface area contributed by atoms with Crippen LogP contribution < -0.4 is 14.8 Å². The Kier molecular flexibility index (Phi) is 7.33. The van der Waals surface area contributed by atoms with Crippen molar-refractivity contribution in [2.24, 2.45) is 0 Å². The van der Waals surface area contributed by atoms with Crippen molar-refractivity contribution in [2.45, 2.75) is 19.1 Å². The van der Waals surface area contributed by atoms with Gasteiger partial charge in [0.25, 0.3) is 0 Å². The van der Waals surface area contributed by atoms with Gasteiger partial charge in [-0.3, -0.25) is 0 Å². The maximum Gasteiger partial charge on any atom is 0.161 e. The summed E-state index contributed by atoms with van der Waals surface area (Å²) >= 11 is 0. The number of nitrogens with one attached hydrogen (secondary N) is 1. The van der Waals surface area contributed by atoms with Crippen molar-refractivity contribution in [3.8, 4) is 11.5 Å². The van der Waals surface area contributed by atoms with Gasteiger partial charge in [0, 0.05) is 0 Å². The molecule has 0 spiro atoms. The van der Waals surface area contributed by atoms with Gasteiger partial charge in [0.2, 0.25) is 0 Å². The summed E-state index contributed by atoms with van der Waals surface area (Å²) in [5, 5.41) is 3.53. The molecule has 0 aliphatic carbocycles. The number of halogens is 1. The van der Waals surface area contributed by atoms with Gasteiger partial charge in [0.15, 0.2) is 11.5 Å². The van der Waals surface area contributed by atoms with Crippen LogP contribution in [0.3, 0.4) is 0 Å². The maximum absolute atomic E-state index is 5.91. The molecule has 0 amide bonds. The van der Waals surface area contributed by atoms with Gasteiger partial charge in [-0.15, -0.1) is 24.0 Å². The van der Waals surface area contributed by atoms with Crippen LogP contribution in [-0.2, 0) is 17.8 Å². The Hall–Kier alpha value is -1.31. The summed E-state index contributed by atoms with van der Waals surface area (Å²) in [5.74, 6) is 1.56. The Labute approximate surface area is 160 Å². The van der Waals surface area contributed by atoms with E-state index in [4.69, 9.17) is 14.2 Å². The lowest BCUT2D eigenvalue weighted by Crippen LogP contribution is -2.32. The topological polar surface area (TPSA) is 39.7 Å². The van der Waals surface area contributed by atoms with Crippen molar-refractivity contribution in [1.29, 1.82) is 0 Å². The Morgan fingerprint density at radius 1 is 1.04 bits per heavy atom. The first-order valence-corrected chi connectivity index (χ1v) is 7.91. The first-order valence-electron chi connectivity index (χ1n) is 7.91. The number of hydrogen-bond acceptors (Lipinski definition) is 4. The van der Waals surface area contributed by atoms with E-state index in [1.165, 1.54) is 16.7 Å². The molecule has 2 aromatic rings. The third-order valence-electron chi connectivity index (χ3n) is 4.20. The third-order valence-corrected chi connectivity index (χ3v) is 4.20. The Bertz CT molecular complexity index is 649. The van der Waals surface area contributed by atoms with Crippen molar-refractivity contribution in [3.05, 3.63) is 59.2 Å². The molecule has 0 radical (unpaired) electrons. The van der Waals surface area contributed by atoms with E-state index in [2.05, 4.69) is 29.6 Å². The van der Waals surface area contributed by atoms with Crippen LogP contribution in [0.25, 0.3) is 0 Å². The summed E-state index contributed by atoms with van der Waals surface area (Å²) in [6, 6.07) is 14.6. The van der Waals surface area contributed by atoms with Crippen LogP contribution in [0.5, 0.6) is 11.5 Å². The average molecular weight is 441 g/mol. The minimum atomic E-state index is 0. The molecule has 3 rings (SSSR count). The lowest BCUT2D eigenvalue weighted by atomic mass is 9.94. The third kappa shape index (κ3) is 4.40. The number of benzene rings is 2. The lowest BCUT2D eigenvalue weighted by Gasteiger charge is -2.28. The van der Waals surface area contributed by atoms with E-state index < -0.39 is 0 Å². The van der Waals surface area contributed by atoms with E-state index in [0.717, 1.165) is 24.5 Å². The van der Waals surface area contributed by atoms with E-state index in [9.17, 15) is 0 Å². The highest BCUT2D eigenvalue weighted by Crippen LogP contribution is 2.35. The zero-order valence-electron chi connectivity index (χ0n) is 14.1. The number of ether oxygens (including phenoxy) is 3. The van der Waals surface area contributed by atoms with Gasteiger partial charge in [0.05, 0.1) is 33.5 Å². The van der Waals surface area contributed by atoms with Crippen molar-refractivity contribution in [3.63, 3.8) is 0 Å². The molecular formula is C19H24INO3. The number of hydrogen-bond donors (Lipinski definition) is 1. The molecule has 0 fully saturated rings. The fourth-order valence-electron chi connectivity index (χ4n) is 2.99. The van der Waals surface area contributed by atoms with Crippen molar-refractivity contribution in [1.82, 2.24) is 5.32 Å². The summed E-state index contributed by atoms with van der Waals surface area (Å²) in [7, 11) is 3.34. The predicted molar refractivity (Wildman–Crippen MR) is 106 cm³/mol. The first-order chi connectivity index (χ1) is 11.3. The number of rotatable bonds is 6. The molecule has 1 unspecified atom stereocenters. The van der Waals surface area contributed by atoms with Crippen LogP contribution in [-0.4, -0.2) is 27.4 Å². The smallest absolute Gasteiger partial charge is 0.161 e. The number of fused-ring (bicyclic) bond motifs is 1. The molecule has 24 heavy (non-hydrogen) atoms. The highest BCUT2D eigenvalue weighted by molar-refractivity contribution is 14.0. The predicted octanol–water partition coefficient (Wildman–Crippen LogP) is 3.73. The highest BCUT2D eigenvalue weighted by atomic mass is 127. The molecule has 1 N–H and O–H groups in total. The van der Waals surface area contributed by atoms with E-state index >= 15 is 0 Å². The van der Waals surface area contributed by atoms with E-state index in [0.29, 0.717) is 13.2 Å². The monoisotopic (exact) mass is 441 g/mol. The second kappa shape index (κ2) is 9.25. The minimum Gasteiger partial charge on any atom is -0.493 e. The average Bonchev–Trinajstić information content (AvgIpc) is 2.61. The molecule has 4 nitrogen and oxygen atoms in total. The second-order valence-electron chi connectivity index (χ2n) is 5.66. The van der Waals surface area contributed by atoms with E-state index in [-0.39, 0.29) is 30.0 Å². The largest absolute Gasteiger partial charge is 0.493 e. The molecule has 1 atom stereocenters. The standard InChI is InChI=1S/C19H23NO3.HI/c1-21-18-10-15-8-9-20-17(16(15)11-19(18)22-2)13-23-12-14-6-4-3-5-7-14;/h3-7,10-11,17,20H,8-9,12-13H2,1-2H3;1H. The normalized spacial score (nSPS) is 16.0. The molecule has 130 valence electrons. The SMILES string of the molecule is COc1cc2c(cc1OC)C(COCc1ccccc1)NCC2.I. The van der Waals surface area contributed by atoms with Crippen molar-refractivity contribution in [2.75, 3.05) is 27.4 Å². The van der Waals surface area contributed by atoms with Gasteiger partial charge in [-0.2, -0.15) is 0 Å². The molecule has 5 heteroatoms. The molecule has 1 aliphatic rings. The van der Waals surface area contributed by atoms with Crippen LogP contribution in [0.1, 0.15) is 22.7 Å². The number of methoxy groups -OCH3 is 2. The molecule has 0 saturated heterocycles. The van der Waals surface area contributed by atoms with Gasteiger partial charge < -0.3 is 19.5 Å². The Morgan fingerprint density at radius 3 is 2.46 bits per heavy atom. The zero-order chi connectivity index (χ0) is 16.1. The summed E-state index contributed by atoms with van der Waals surface area (Å²) in [6.45, 7) is 2.21. The van der Waals surface area contributed by atoms with Crippen molar-refractivity contribution < 1.29 is 14.2 Å².